The predicted octanol–water partition coefficient (Wildman–Crippen LogP) is 1.59. The van der Waals surface area contributed by atoms with Crippen LogP contribution < -0.4 is 0 Å². The van der Waals surface area contributed by atoms with E-state index in [9.17, 15) is 4.79 Å². The Kier molecular flexibility index (Phi) is 4.78. The Morgan fingerprint density at radius 1 is 1.41 bits per heavy atom. The molecule has 2 fully saturated rings. The third kappa shape index (κ3) is 3.33. The van der Waals surface area contributed by atoms with Gasteiger partial charge in [0.1, 0.15) is 0 Å². The van der Waals surface area contributed by atoms with Crippen LogP contribution in [0.25, 0.3) is 0 Å². The molecule has 2 saturated heterocycles. The van der Waals surface area contributed by atoms with Crippen molar-refractivity contribution in [2.45, 2.75) is 50.8 Å². The van der Waals surface area contributed by atoms with Gasteiger partial charge < -0.3 is 18.9 Å². The Labute approximate surface area is 131 Å². The zero-order chi connectivity index (χ0) is 15.4. The Balaban J connectivity index is 1.64. The highest BCUT2D eigenvalue weighted by Crippen LogP contribution is 2.36. The van der Waals surface area contributed by atoms with E-state index >= 15 is 0 Å². The number of hydrogen-bond acceptors (Lipinski definition) is 4. The summed E-state index contributed by atoms with van der Waals surface area (Å²) in [6.07, 6.45) is 8.27. The Hall–Kier alpha value is -1.40. The molecule has 1 unspecified atom stereocenters. The van der Waals surface area contributed by atoms with Crippen LogP contribution in [0.4, 0.5) is 0 Å². The van der Waals surface area contributed by atoms with E-state index in [4.69, 9.17) is 9.47 Å². The van der Waals surface area contributed by atoms with Gasteiger partial charge in [0.05, 0.1) is 30.8 Å². The fourth-order valence-corrected chi connectivity index (χ4v) is 3.46. The molecule has 1 amide bonds. The third-order valence-electron chi connectivity index (χ3n) is 4.86. The van der Waals surface area contributed by atoms with Crippen LogP contribution >= 0.6 is 0 Å². The number of likely N-dealkylation sites (tertiary alicyclic amines) is 1. The summed E-state index contributed by atoms with van der Waals surface area (Å²) in [6, 6.07) is 0. The second kappa shape index (κ2) is 6.79. The Morgan fingerprint density at radius 3 is 3.09 bits per heavy atom. The Bertz CT molecular complexity index is 508. The summed E-state index contributed by atoms with van der Waals surface area (Å²) in [4.78, 5) is 18.6. The number of nitrogens with zero attached hydrogens (tertiary/aromatic N) is 3. The van der Waals surface area contributed by atoms with Gasteiger partial charge in [-0.2, -0.15) is 0 Å². The molecule has 0 aromatic carbocycles. The highest BCUT2D eigenvalue weighted by molar-refractivity contribution is 5.76. The second-order valence-electron chi connectivity index (χ2n) is 6.27. The van der Waals surface area contributed by atoms with E-state index < -0.39 is 0 Å². The van der Waals surface area contributed by atoms with Crippen molar-refractivity contribution in [2.75, 3.05) is 26.9 Å². The van der Waals surface area contributed by atoms with Crippen LogP contribution in [0.2, 0.25) is 0 Å². The van der Waals surface area contributed by atoms with Crippen molar-refractivity contribution in [3.8, 4) is 0 Å². The minimum Gasteiger partial charge on any atom is -0.383 e. The third-order valence-corrected chi connectivity index (χ3v) is 4.86. The molecule has 0 saturated carbocycles. The maximum Gasteiger partial charge on any atom is 0.223 e. The van der Waals surface area contributed by atoms with Crippen LogP contribution in [0.5, 0.6) is 0 Å². The van der Waals surface area contributed by atoms with Gasteiger partial charge in [0.25, 0.3) is 0 Å². The first kappa shape index (κ1) is 15.5. The van der Waals surface area contributed by atoms with Crippen molar-refractivity contribution in [2.24, 2.45) is 0 Å². The highest BCUT2D eigenvalue weighted by Gasteiger charge is 2.38. The minimum atomic E-state index is -0.0410. The largest absolute Gasteiger partial charge is 0.383 e. The molecule has 0 N–H and O–H groups in total. The van der Waals surface area contributed by atoms with Gasteiger partial charge >= 0.3 is 0 Å². The van der Waals surface area contributed by atoms with E-state index in [0.29, 0.717) is 19.6 Å². The van der Waals surface area contributed by atoms with Crippen molar-refractivity contribution in [1.82, 2.24) is 14.5 Å². The zero-order valence-corrected chi connectivity index (χ0v) is 13.3. The monoisotopic (exact) mass is 307 g/mol. The number of imidazole rings is 1. The topological polar surface area (TPSA) is 56.6 Å². The average molecular weight is 307 g/mol. The number of hydrogen-bond donors (Lipinski definition) is 0. The molecule has 1 spiro atoms. The molecule has 122 valence electrons. The molecule has 2 aliphatic rings. The molecule has 0 bridgehead atoms. The molecule has 6 nitrogen and oxygen atoms in total. The zero-order valence-electron chi connectivity index (χ0n) is 13.3. The first-order valence-corrected chi connectivity index (χ1v) is 8.12. The molecule has 1 atom stereocenters. The van der Waals surface area contributed by atoms with Crippen LogP contribution in [0.3, 0.4) is 0 Å². The molecule has 1 aromatic heterocycles. The standard InChI is InChI=1S/C16H25N3O3/c1-21-10-8-19-13-17-11-14(19)12-18-7-6-16(4-2-9-22-16)5-3-15(18)20/h11,13H,2-10,12H2,1H3. The first-order chi connectivity index (χ1) is 10.7. The van der Waals surface area contributed by atoms with Crippen molar-refractivity contribution < 1.29 is 14.3 Å². The molecule has 1 aromatic rings. The van der Waals surface area contributed by atoms with E-state index in [1.54, 1.807) is 13.4 Å². The van der Waals surface area contributed by atoms with Gasteiger partial charge in [0, 0.05) is 39.4 Å². The molecule has 0 radical (unpaired) electrons. The Morgan fingerprint density at radius 2 is 2.32 bits per heavy atom. The van der Waals surface area contributed by atoms with E-state index in [1.165, 1.54) is 0 Å². The van der Waals surface area contributed by atoms with Crippen LogP contribution in [0, 0.1) is 0 Å². The lowest BCUT2D eigenvalue weighted by atomic mass is 9.92. The number of carbonyl (C=O) groups excluding carboxylic acids is 1. The van der Waals surface area contributed by atoms with E-state index in [1.807, 2.05) is 11.1 Å². The second-order valence-corrected chi connectivity index (χ2v) is 6.27. The van der Waals surface area contributed by atoms with Crippen molar-refractivity contribution in [1.29, 1.82) is 0 Å². The number of methoxy groups -OCH3 is 1. The van der Waals surface area contributed by atoms with Gasteiger partial charge in [0.15, 0.2) is 0 Å². The number of carbonyl (C=O) groups is 1. The van der Waals surface area contributed by atoms with Crippen LogP contribution in [-0.2, 0) is 27.4 Å². The first-order valence-electron chi connectivity index (χ1n) is 8.12. The number of ether oxygens (including phenoxy) is 2. The van der Waals surface area contributed by atoms with Gasteiger partial charge in [-0.3, -0.25) is 4.79 Å². The maximum atomic E-state index is 12.4. The van der Waals surface area contributed by atoms with E-state index in [-0.39, 0.29) is 11.5 Å². The van der Waals surface area contributed by atoms with Gasteiger partial charge in [-0.25, -0.2) is 4.98 Å². The SMILES string of the molecule is COCCn1cncc1CN1CCC2(CCCO2)CCC1=O. The minimum absolute atomic E-state index is 0.0410. The van der Waals surface area contributed by atoms with Crippen LogP contribution in [0.1, 0.15) is 37.8 Å². The van der Waals surface area contributed by atoms with Gasteiger partial charge in [-0.15, -0.1) is 0 Å². The average Bonchev–Trinajstić information content (AvgIpc) is 3.13. The normalized spacial score (nSPS) is 25.9. The highest BCUT2D eigenvalue weighted by atomic mass is 16.5. The summed E-state index contributed by atoms with van der Waals surface area (Å²) in [5.41, 5.74) is 1.02. The quantitative estimate of drug-likeness (QED) is 0.829. The smallest absolute Gasteiger partial charge is 0.223 e. The van der Waals surface area contributed by atoms with Crippen molar-refractivity contribution in [3.63, 3.8) is 0 Å². The fourth-order valence-electron chi connectivity index (χ4n) is 3.46. The lowest BCUT2D eigenvalue weighted by Gasteiger charge is -2.26. The van der Waals surface area contributed by atoms with Gasteiger partial charge in [-0.05, 0) is 25.7 Å². The summed E-state index contributed by atoms with van der Waals surface area (Å²) in [5, 5.41) is 0. The summed E-state index contributed by atoms with van der Waals surface area (Å²) in [7, 11) is 1.69. The number of amides is 1. The maximum absolute atomic E-state index is 12.4. The molecular weight excluding hydrogens is 282 g/mol. The number of aromatic nitrogens is 2. The lowest BCUT2D eigenvalue weighted by Crippen LogP contribution is -2.32. The van der Waals surface area contributed by atoms with Gasteiger partial charge in [0.2, 0.25) is 5.91 Å². The summed E-state index contributed by atoms with van der Waals surface area (Å²) >= 11 is 0. The molecule has 6 heteroatoms. The van der Waals surface area contributed by atoms with Crippen LogP contribution in [-0.4, -0.2) is 52.8 Å². The summed E-state index contributed by atoms with van der Waals surface area (Å²) in [5.74, 6) is 0.229. The lowest BCUT2D eigenvalue weighted by molar-refractivity contribution is -0.131. The molecule has 3 heterocycles. The van der Waals surface area contributed by atoms with Crippen molar-refractivity contribution in [3.05, 3.63) is 18.2 Å². The summed E-state index contributed by atoms with van der Waals surface area (Å²) in [6.45, 7) is 3.65. The van der Waals surface area contributed by atoms with Gasteiger partial charge in [-0.1, -0.05) is 0 Å². The molecule has 0 aliphatic carbocycles. The summed E-state index contributed by atoms with van der Waals surface area (Å²) < 4.78 is 13.1. The molecule has 2 aliphatic heterocycles. The van der Waals surface area contributed by atoms with E-state index in [0.717, 1.165) is 51.1 Å². The molecular formula is C16H25N3O3. The number of rotatable bonds is 5. The van der Waals surface area contributed by atoms with E-state index in [2.05, 4.69) is 9.55 Å². The fraction of sp³-hybridized carbons (Fsp3) is 0.750. The predicted molar refractivity (Wildman–Crippen MR) is 81.3 cm³/mol. The molecule has 22 heavy (non-hydrogen) atoms. The van der Waals surface area contributed by atoms with Crippen molar-refractivity contribution >= 4 is 5.91 Å². The van der Waals surface area contributed by atoms with Crippen LogP contribution in [0.15, 0.2) is 12.5 Å². The molecule has 3 rings (SSSR count).